The fourth-order valence-corrected chi connectivity index (χ4v) is 3.77. The van der Waals surface area contributed by atoms with Crippen molar-refractivity contribution in [3.05, 3.63) is 40.8 Å². The van der Waals surface area contributed by atoms with E-state index in [2.05, 4.69) is 17.4 Å². The largest absolute Gasteiger partial charge is 0.493 e. The summed E-state index contributed by atoms with van der Waals surface area (Å²) in [6, 6.07) is 4.90. The van der Waals surface area contributed by atoms with Gasteiger partial charge in [-0.1, -0.05) is 24.9 Å². The zero-order valence-electron chi connectivity index (χ0n) is 18.5. The lowest BCUT2D eigenvalue weighted by atomic mass is 9.86. The van der Waals surface area contributed by atoms with E-state index in [1.807, 2.05) is 13.8 Å². The minimum absolute atomic E-state index is 0.147. The van der Waals surface area contributed by atoms with Gasteiger partial charge in [0.2, 0.25) is 0 Å². The lowest BCUT2D eigenvalue weighted by Crippen LogP contribution is -2.42. The normalized spacial score (nSPS) is 18.3. The number of aromatic nitrogens is 1. The SMILES string of the molecule is COc1cc(C(=O)OCC(=O)N[C@H]2CCCC[C@H]2C)ccc1OCc1c(C)noc1C. The fourth-order valence-electron chi connectivity index (χ4n) is 3.77. The summed E-state index contributed by atoms with van der Waals surface area (Å²) in [6.45, 7) is 5.75. The molecule has 0 aliphatic heterocycles. The Kier molecular flexibility index (Phi) is 7.55. The zero-order valence-corrected chi connectivity index (χ0v) is 18.5. The number of aryl methyl sites for hydroxylation is 2. The smallest absolute Gasteiger partial charge is 0.338 e. The molecular weight excluding hydrogens is 400 g/mol. The number of methoxy groups -OCH3 is 1. The van der Waals surface area contributed by atoms with Crippen LogP contribution in [0.5, 0.6) is 11.5 Å². The van der Waals surface area contributed by atoms with Crippen LogP contribution < -0.4 is 14.8 Å². The highest BCUT2D eigenvalue weighted by atomic mass is 16.5. The van der Waals surface area contributed by atoms with Gasteiger partial charge in [0.15, 0.2) is 18.1 Å². The van der Waals surface area contributed by atoms with Crippen LogP contribution in [0, 0.1) is 19.8 Å². The molecule has 8 nitrogen and oxygen atoms in total. The Morgan fingerprint density at radius 2 is 1.97 bits per heavy atom. The van der Waals surface area contributed by atoms with Gasteiger partial charge in [0.05, 0.1) is 23.9 Å². The second-order valence-corrected chi connectivity index (χ2v) is 7.97. The predicted molar refractivity (Wildman–Crippen MR) is 113 cm³/mol. The first kappa shape index (κ1) is 22.7. The van der Waals surface area contributed by atoms with Gasteiger partial charge in [-0.15, -0.1) is 0 Å². The van der Waals surface area contributed by atoms with Crippen LogP contribution in [0.15, 0.2) is 22.7 Å². The van der Waals surface area contributed by atoms with Crippen LogP contribution in [-0.2, 0) is 16.1 Å². The lowest BCUT2D eigenvalue weighted by molar-refractivity contribution is -0.125. The average Bonchev–Trinajstić information content (AvgIpc) is 3.09. The Hall–Kier alpha value is -3.03. The molecule has 3 rings (SSSR count). The maximum atomic E-state index is 12.4. The molecule has 1 aliphatic rings. The van der Waals surface area contributed by atoms with Gasteiger partial charge in [0.25, 0.3) is 5.91 Å². The van der Waals surface area contributed by atoms with Gasteiger partial charge in [0, 0.05) is 6.04 Å². The zero-order chi connectivity index (χ0) is 22.4. The summed E-state index contributed by atoms with van der Waals surface area (Å²) in [5.74, 6) is 1.12. The van der Waals surface area contributed by atoms with E-state index in [9.17, 15) is 9.59 Å². The Bertz CT molecular complexity index is 903. The molecule has 1 N–H and O–H groups in total. The summed E-state index contributed by atoms with van der Waals surface area (Å²) in [4.78, 5) is 24.6. The van der Waals surface area contributed by atoms with Crippen molar-refractivity contribution in [2.45, 2.75) is 59.1 Å². The van der Waals surface area contributed by atoms with Gasteiger partial charge in [-0.2, -0.15) is 0 Å². The number of ether oxygens (including phenoxy) is 3. The number of nitrogens with zero attached hydrogens (tertiary/aromatic N) is 1. The Morgan fingerprint density at radius 3 is 2.65 bits per heavy atom. The van der Waals surface area contributed by atoms with E-state index in [1.54, 1.807) is 12.1 Å². The molecule has 1 heterocycles. The average molecular weight is 431 g/mol. The van der Waals surface area contributed by atoms with E-state index >= 15 is 0 Å². The van der Waals surface area contributed by atoms with E-state index < -0.39 is 5.97 Å². The predicted octanol–water partition coefficient (Wildman–Crippen LogP) is 3.73. The molecule has 1 aliphatic carbocycles. The van der Waals surface area contributed by atoms with Crippen LogP contribution in [0.1, 0.15) is 60.0 Å². The van der Waals surface area contributed by atoms with Crippen LogP contribution in [0.2, 0.25) is 0 Å². The van der Waals surface area contributed by atoms with Gasteiger partial charge in [-0.25, -0.2) is 4.79 Å². The van der Waals surface area contributed by atoms with Crippen molar-refractivity contribution >= 4 is 11.9 Å². The van der Waals surface area contributed by atoms with Crippen molar-refractivity contribution < 1.29 is 28.3 Å². The van der Waals surface area contributed by atoms with Crippen molar-refractivity contribution in [2.75, 3.05) is 13.7 Å². The first-order valence-electron chi connectivity index (χ1n) is 10.6. The molecule has 8 heteroatoms. The van der Waals surface area contributed by atoms with Crippen LogP contribution in [0.25, 0.3) is 0 Å². The van der Waals surface area contributed by atoms with Crippen LogP contribution in [-0.4, -0.2) is 36.8 Å². The number of benzene rings is 1. The Labute approximate surface area is 182 Å². The van der Waals surface area contributed by atoms with E-state index in [0.717, 1.165) is 30.5 Å². The molecule has 0 spiro atoms. The summed E-state index contributed by atoms with van der Waals surface area (Å²) < 4.78 is 21.5. The van der Waals surface area contributed by atoms with Crippen molar-refractivity contribution in [1.82, 2.24) is 10.5 Å². The molecular formula is C23H30N2O6. The first-order valence-corrected chi connectivity index (χ1v) is 10.6. The van der Waals surface area contributed by atoms with Gasteiger partial charge in [0.1, 0.15) is 12.4 Å². The highest BCUT2D eigenvalue weighted by molar-refractivity contribution is 5.92. The minimum atomic E-state index is -0.595. The summed E-state index contributed by atoms with van der Waals surface area (Å²) in [7, 11) is 1.49. The fraction of sp³-hybridized carbons (Fsp3) is 0.522. The molecule has 2 aromatic rings. The highest BCUT2D eigenvalue weighted by Crippen LogP contribution is 2.30. The molecule has 1 amide bonds. The summed E-state index contributed by atoms with van der Waals surface area (Å²) in [5.41, 5.74) is 1.90. The van der Waals surface area contributed by atoms with Crippen LogP contribution in [0.4, 0.5) is 0 Å². The first-order chi connectivity index (χ1) is 14.9. The minimum Gasteiger partial charge on any atom is -0.493 e. The van der Waals surface area contributed by atoms with E-state index in [-0.39, 0.29) is 30.7 Å². The maximum absolute atomic E-state index is 12.4. The van der Waals surface area contributed by atoms with Crippen molar-refractivity contribution in [1.29, 1.82) is 0 Å². The second-order valence-electron chi connectivity index (χ2n) is 7.97. The number of carbonyl (C=O) groups excluding carboxylic acids is 2. The van der Waals surface area contributed by atoms with Crippen LogP contribution >= 0.6 is 0 Å². The monoisotopic (exact) mass is 430 g/mol. The molecule has 1 aromatic carbocycles. The highest BCUT2D eigenvalue weighted by Gasteiger charge is 2.23. The lowest BCUT2D eigenvalue weighted by Gasteiger charge is -2.29. The maximum Gasteiger partial charge on any atom is 0.338 e. The topological polar surface area (TPSA) is 99.9 Å². The van der Waals surface area contributed by atoms with Gasteiger partial charge in [-0.3, -0.25) is 4.79 Å². The van der Waals surface area contributed by atoms with Crippen molar-refractivity contribution in [3.63, 3.8) is 0 Å². The number of rotatable bonds is 8. The molecule has 0 saturated heterocycles. The van der Waals surface area contributed by atoms with E-state index in [4.69, 9.17) is 18.7 Å². The van der Waals surface area contributed by atoms with Gasteiger partial charge in [-0.05, 0) is 50.8 Å². The summed E-state index contributed by atoms with van der Waals surface area (Å²) >= 11 is 0. The Balaban J connectivity index is 1.55. The number of hydrogen-bond acceptors (Lipinski definition) is 7. The number of nitrogens with one attached hydrogen (secondary N) is 1. The third kappa shape index (κ3) is 5.77. The summed E-state index contributed by atoms with van der Waals surface area (Å²) in [6.07, 6.45) is 4.38. The molecule has 0 bridgehead atoms. The molecule has 168 valence electrons. The third-order valence-electron chi connectivity index (χ3n) is 5.74. The summed E-state index contributed by atoms with van der Waals surface area (Å²) in [5, 5.41) is 6.88. The molecule has 1 aromatic heterocycles. The molecule has 31 heavy (non-hydrogen) atoms. The number of carbonyl (C=O) groups is 2. The van der Waals surface area contributed by atoms with Gasteiger partial charge < -0.3 is 24.1 Å². The molecule has 2 atom stereocenters. The second kappa shape index (κ2) is 10.3. The molecule has 0 radical (unpaired) electrons. The van der Waals surface area contributed by atoms with Crippen molar-refractivity contribution in [3.8, 4) is 11.5 Å². The molecule has 1 saturated carbocycles. The molecule has 1 fully saturated rings. The number of esters is 1. The third-order valence-corrected chi connectivity index (χ3v) is 5.74. The van der Waals surface area contributed by atoms with E-state index in [1.165, 1.54) is 19.6 Å². The Morgan fingerprint density at radius 1 is 1.19 bits per heavy atom. The number of amides is 1. The number of hydrogen-bond donors (Lipinski definition) is 1. The quantitative estimate of drug-likeness (QED) is 0.637. The van der Waals surface area contributed by atoms with E-state index in [0.29, 0.717) is 23.2 Å². The van der Waals surface area contributed by atoms with Gasteiger partial charge >= 0.3 is 5.97 Å². The van der Waals surface area contributed by atoms with Crippen LogP contribution in [0.3, 0.4) is 0 Å². The molecule has 0 unspecified atom stereocenters. The standard InChI is InChI=1S/C23H30N2O6/c1-14-7-5-6-8-19(14)24-22(26)13-30-23(27)17-9-10-20(21(11-17)28-4)29-12-18-15(2)25-31-16(18)3/h9-11,14,19H,5-8,12-13H2,1-4H3,(H,24,26)/t14-,19+/m1/s1. The van der Waals surface area contributed by atoms with Crippen molar-refractivity contribution in [2.24, 2.45) is 5.92 Å².